The molecule has 1 amide bonds. The van der Waals surface area contributed by atoms with Gasteiger partial charge in [-0.3, -0.25) is 14.2 Å². The number of nitrogens with one attached hydrogen (secondary N) is 1. The Balaban J connectivity index is 1.55. The van der Waals surface area contributed by atoms with Crippen LogP contribution in [0.1, 0.15) is 5.56 Å². The number of ether oxygens (including phenoxy) is 2. The molecule has 0 saturated heterocycles. The molecule has 164 valence electrons. The highest BCUT2D eigenvalue weighted by Gasteiger charge is 2.15. The van der Waals surface area contributed by atoms with Gasteiger partial charge in [0.2, 0.25) is 5.91 Å². The van der Waals surface area contributed by atoms with Gasteiger partial charge in [0.1, 0.15) is 30.2 Å². The number of rotatable bonds is 7. The van der Waals surface area contributed by atoms with Crippen molar-refractivity contribution in [3.05, 3.63) is 70.5 Å². The molecule has 0 bridgehead atoms. The molecular weight excluding hydrogens is 419 g/mol. The number of carbonyl (C=O) groups is 1. The van der Waals surface area contributed by atoms with Crippen molar-refractivity contribution >= 4 is 22.8 Å². The highest BCUT2D eigenvalue weighted by atomic mass is 19.1. The fourth-order valence-electron chi connectivity index (χ4n) is 3.17. The maximum atomic E-state index is 13.4. The number of fused-ring (bicyclic) bond motifs is 1. The number of halogens is 1. The predicted molar refractivity (Wildman–Crippen MR) is 113 cm³/mol. The fourth-order valence-corrected chi connectivity index (χ4v) is 3.17. The molecule has 2 heterocycles. The van der Waals surface area contributed by atoms with Crippen LogP contribution >= 0.6 is 0 Å². The van der Waals surface area contributed by atoms with E-state index in [9.17, 15) is 14.0 Å². The minimum Gasteiger partial charge on any atom is -0.497 e. The van der Waals surface area contributed by atoms with Crippen molar-refractivity contribution < 1.29 is 18.7 Å². The molecule has 2 aromatic heterocycles. The molecular formula is C21H19FN6O4. The van der Waals surface area contributed by atoms with Crippen LogP contribution in [0, 0.1) is 5.82 Å². The summed E-state index contributed by atoms with van der Waals surface area (Å²) in [5, 5.41) is 10.5. The third kappa shape index (κ3) is 4.26. The molecule has 0 saturated carbocycles. The van der Waals surface area contributed by atoms with Crippen molar-refractivity contribution in [3.63, 3.8) is 0 Å². The van der Waals surface area contributed by atoms with Crippen LogP contribution < -0.4 is 20.3 Å². The molecule has 0 aliphatic rings. The van der Waals surface area contributed by atoms with Gasteiger partial charge < -0.3 is 14.8 Å². The number of carbonyl (C=O) groups excluding carboxylic acids is 1. The van der Waals surface area contributed by atoms with Gasteiger partial charge in [-0.2, -0.15) is 0 Å². The van der Waals surface area contributed by atoms with E-state index in [-0.39, 0.29) is 30.1 Å². The van der Waals surface area contributed by atoms with E-state index >= 15 is 0 Å². The van der Waals surface area contributed by atoms with Crippen LogP contribution in [-0.2, 0) is 17.9 Å². The van der Waals surface area contributed by atoms with Crippen LogP contribution in [0.5, 0.6) is 11.5 Å². The van der Waals surface area contributed by atoms with E-state index in [1.165, 1.54) is 37.4 Å². The summed E-state index contributed by atoms with van der Waals surface area (Å²) in [6.45, 7) is -0.0975. The summed E-state index contributed by atoms with van der Waals surface area (Å²) in [4.78, 5) is 29.6. The number of methoxy groups -OCH3 is 2. The average Bonchev–Trinajstić information content (AvgIpc) is 3.19. The lowest BCUT2D eigenvalue weighted by molar-refractivity contribution is -0.116. The maximum absolute atomic E-state index is 13.4. The molecule has 0 spiro atoms. The summed E-state index contributed by atoms with van der Waals surface area (Å²) in [6, 6.07) is 11.0. The van der Waals surface area contributed by atoms with Crippen molar-refractivity contribution in [1.82, 2.24) is 24.5 Å². The van der Waals surface area contributed by atoms with E-state index in [0.29, 0.717) is 22.7 Å². The normalized spacial score (nSPS) is 10.8. The van der Waals surface area contributed by atoms with Gasteiger partial charge in [-0.1, -0.05) is 17.3 Å². The lowest BCUT2D eigenvalue weighted by Crippen LogP contribution is -2.28. The Kier molecular flexibility index (Phi) is 5.79. The van der Waals surface area contributed by atoms with Gasteiger partial charge in [0.25, 0.3) is 5.56 Å². The van der Waals surface area contributed by atoms with Crippen LogP contribution in [0.3, 0.4) is 0 Å². The Morgan fingerprint density at radius 2 is 2.00 bits per heavy atom. The van der Waals surface area contributed by atoms with Gasteiger partial charge in [-0.25, -0.2) is 14.1 Å². The van der Waals surface area contributed by atoms with Crippen LogP contribution in [0.2, 0.25) is 0 Å². The van der Waals surface area contributed by atoms with Gasteiger partial charge in [0, 0.05) is 6.07 Å². The second-order valence-electron chi connectivity index (χ2n) is 6.84. The minimum absolute atomic E-state index is 0.00987. The Bertz CT molecular complexity index is 1350. The van der Waals surface area contributed by atoms with Crippen LogP contribution in [-0.4, -0.2) is 44.7 Å². The molecule has 10 nitrogen and oxygen atoms in total. The van der Waals surface area contributed by atoms with Gasteiger partial charge in [-0.05, 0) is 29.8 Å². The van der Waals surface area contributed by atoms with Crippen molar-refractivity contribution in [1.29, 1.82) is 0 Å². The summed E-state index contributed by atoms with van der Waals surface area (Å²) in [7, 11) is 2.99. The first-order chi connectivity index (χ1) is 15.5. The van der Waals surface area contributed by atoms with E-state index in [1.807, 2.05) is 0 Å². The Morgan fingerprint density at radius 1 is 1.16 bits per heavy atom. The molecule has 1 N–H and O–H groups in total. The van der Waals surface area contributed by atoms with Gasteiger partial charge in [0.15, 0.2) is 11.2 Å². The third-order valence-corrected chi connectivity index (χ3v) is 4.71. The molecule has 0 aliphatic heterocycles. The topological polar surface area (TPSA) is 113 Å². The summed E-state index contributed by atoms with van der Waals surface area (Å²) in [5.41, 5.74) is 0.781. The Morgan fingerprint density at radius 3 is 2.75 bits per heavy atom. The zero-order valence-corrected chi connectivity index (χ0v) is 17.3. The number of nitrogens with zero attached hydrogens (tertiary/aromatic N) is 5. The molecule has 0 atom stereocenters. The number of hydrogen-bond donors (Lipinski definition) is 1. The molecule has 2 aromatic carbocycles. The highest BCUT2D eigenvalue weighted by molar-refractivity contribution is 5.92. The SMILES string of the molecule is COc1ccc(OC)c(NC(=O)Cn2cnc3c(nnn3Cc3cccc(F)c3)c2=O)c1. The average molecular weight is 438 g/mol. The van der Waals surface area contributed by atoms with E-state index in [4.69, 9.17) is 9.47 Å². The molecule has 0 fully saturated rings. The molecule has 32 heavy (non-hydrogen) atoms. The zero-order chi connectivity index (χ0) is 22.7. The second kappa shape index (κ2) is 8.84. The number of anilines is 1. The Hall–Kier alpha value is -4.28. The van der Waals surface area contributed by atoms with Crippen molar-refractivity contribution in [3.8, 4) is 11.5 Å². The highest BCUT2D eigenvalue weighted by Crippen LogP contribution is 2.28. The quantitative estimate of drug-likeness (QED) is 0.468. The summed E-state index contributed by atoms with van der Waals surface area (Å²) < 4.78 is 26.4. The van der Waals surface area contributed by atoms with Crippen molar-refractivity contribution in [2.75, 3.05) is 19.5 Å². The van der Waals surface area contributed by atoms with Crippen LogP contribution in [0.15, 0.2) is 53.6 Å². The second-order valence-corrected chi connectivity index (χ2v) is 6.84. The lowest BCUT2D eigenvalue weighted by Gasteiger charge is -2.12. The van der Waals surface area contributed by atoms with E-state index in [1.54, 1.807) is 30.3 Å². The van der Waals surface area contributed by atoms with E-state index in [2.05, 4.69) is 20.6 Å². The first-order valence-corrected chi connectivity index (χ1v) is 9.53. The standard InChI is InChI=1S/C21H19FN6O4/c1-31-15-6-7-17(32-2)16(9-15)24-18(29)11-27-12-23-20-19(21(27)30)25-26-28(20)10-13-4-3-5-14(22)8-13/h3-9,12H,10-11H2,1-2H3,(H,24,29). The number of benzene rings is 2. The largest absolute Gasteiger partial charge is 0.497 e. The van der Waals surface area contributed by atoms with Crippen LogP contribution in [0.4, 0.5) is 10.1 Å². The zero-order valence-electron chi connectivity index (χ0n) is 17.3. The van der Waals surface area contributed by atoms with Crippen molar-refractivity contribution in [2.45, 2.75) is 13.1 Å². The minimum atomic E-state index is -0.520. The molecule has 0 aliphatic carbocycles. The number of hydrogen-bond acceptors (Lipinski definition) is 7. The van der Waals surface area contributed by atoms with Gasteiger partial charge in [-0.15, -0.1) is 5.10 Å². The third-order valence-electron chi connectivity index (χ3n) is 4.71. The molecule has 4 rings (SSSR count). The van der Waals surface area contributed by atoms with E-state index in [0.717, 1.165) is 4.57 Å². The summed E-state index contributed by atoms with van der Waals surface area (Å²) in [6.07, 6.45) is 1.25. The van der Waals surface area contributed by atoms with E-state index < -0.39 is 11.5 Å². The predicted octanol–water partition coefficient (Wildman–Crippen LogP) is 1.83. The number of amides is 1. The Labute approximate surface area is 181 Å². The molecule has 4 aromatic rings. The summed E-state index contributed by atoms with van der Waals surface area (Å²) >= 11 is 0. The lowest BCUT2D eigenvalue weighted by atomic mass is 10.2. The van der Waals surface area contributed by atoms with Gasteiger partial charge in [0.05, 0.1) is 26.5 Å². The van der Waals surface area contributed by atoms with Gasteiger partial charge >= 0.3 is 0 Å². The first kappa shape index (κ1) is 21.0. The monoisotopic (exact) mass is 438 g/mol. The number of aromatic nitrogens is 5. The van der Waals surface area contributed by atoms with Crippen LogP contribution in [0.25, 0.3) is 11.2 Å². The maximum Gasteiger partial charge on any atom is 0.283 e. The fraction of sp³-hybridized carbons (Fsp3) is 0.190. The van der Waals surface area contributed by atoms with Crippen molar-refractivity contribution in [2.24, 2.45) is 0 Å². The summed E-state index contributed by atoms with van der Waals surface area (Å²) in [5.74, 6) is 0.143. The molecule has 11 heteroatoms. The molecule has 0 unspecified atom stereocenters. The smallest absolute Gasteiger partial charge is 0.283 e. The first-order valence-electron chi connectivity index (χ1n) is 9.53. The molecule has 0 radical (unpaired) electrons.